The molecule has 0 aliphatic heterocycles. The fraction of sp³-hybridized carbons (Fsp3) is 0.474. The van der Waals surface area contributed by atoms with Crippen LogP contribution in [0.1, 0.15) is 110 Å². The summed E-state index contributed by atoms with van der Waals surface area (Å²) in [5, 5.41) is 0. The summed E-state index contributed by atoms with van der Waals surface area (Å²) in [5.41, 5.74) is 7.05. The van der Waals surface area contributed by atoms with Gasteiger partial charge in [0.05, 0.1) is 19.8 Å². The van der Waals surface area contributed by atoms with Crippen molar-refractivity contribution in [3.63, 3.8) is 0 Å². The summed E-state index contributed by atoms with van der Waals surface area (Å²) in [6.45, 7) is 7.24. The van der Waals surface area contributed by atoms with Crippen LogP contribution in [0.5, 0.6) is 5.75 Å². The molecule has 1 aliphatic rings. The summed E-state index contributed by atoms with van der Waals surface area (Å²) >= 11 is 0. The van der Waals surface area contributed by atoms with Crippen LogP contribution in [0, 0.1) is 5.92 Å². The molecule has 230 valence electrons. The monoisotopic (exact) mass is 584 g/mol. The van der Waals surface area contributed by atoms with Crippen molar-refractivity contribution < 1.29 is 23.8 Å². The van der Waals surface area contributed by atoms with E-state index >= 15 is 0 Å². The fourth-order valence-corrected chi connectivity index (χ4v) is 6.39. The molecule has 0 heterocycles. The molecule has 43 heavy (non-hydrogen) atoms. The Morgan fingerprint density at radius 2 is 1.72 bits per heavy atom. The van der Waals surface area contributed by atoms with E-state index in [-0.39, 0.29) is 17.4 Å². The standard InChI is InChI=1S/C38H48O5/c1-38(2,3)32-16-10-12-27(24-32)26-43-35-18-8-6-14-29(35)21-20-28(13-7-9-19-36(39)41-4)33-17-11-15-30-25-31(37(40)42-5)22-23-34(30)33/h6,8,10,12,14,16,18,22-25,28,33H,7,9,11,13,15,17,19-21,26H2,1-5H3. The first-order valence-corrected chi connectivity index (χ1v) is 15.8. The molecule has 3 aromatic rings. The Bertz CT molecular complexity index is 1370. The Labute approximate surface area is 258 Å². The van der Waals surface area contributed by atoms with Crippen LogP contribution in [0.2, 0.25) is 0 Å². The van der Waals surface area contributed by atoms with Gasteiger partial charge in [-0.2, -0.15) is 0 Å². The lowest BCUT2D eigenvalue weighted by molar-refractivity contribution is -0.140. The van der Waals surface area contributed by atoms with Crippen LogP contribution in [0.4, 0.5) is 0 Å². The van der Waals surface area contributed by atoms with E-state index in [2.05, 4.69) is 69.3 Å². The van der Waals surface area contributed by atoms with Crippen LogP contribution in [0.15, 0.2) is 66.7 Å². The van der Waals surface area contributed by atoms with E-state index in [1.54, 1.807) is 0 Å². The Kier molecular flexibility index (Phi) is 11.4. The predicted octanol–water partition coefficient (Wildman–Crippen LogP) is 8.75. The number of fused-ring (bicyclic) bond motifs is 1. The Morgan fingerprint density at radius 3 is 2.49 bits per heavy atom. The molecule has 2 unspecified atom stereocenters. The second kappa shape index (κ2) is 15.2. The Morgan fingerprint density at radius 1 is 0.907 bits per heavy atom. The second-order valence-corrected chi connectivity index (χ2v) is 12.9. The topological polar surface area (TPSA) is 61.8 Å². The van der Waals surface area contributed by atoms with Crippen molar-refractivity contribution in [1.29, 1.82) is 0 Å². The van der Waals surface area contributed by atoms with Crippen LogP contribution >= 0.6 is 0 Å². The number of hydrogen-bond donors (Lipinski definition) is 0. The van der Waals surface area contributed by atoms with Gasteiger partial charge < -0.3 is 14.2 Å². The number of unbranched alkanes of at least 4 members (excludes halogenated alkanes) is 1. The maximum Gasteiger partial charge on any atom is 0.337 e. The van der Waals surface area contributed by atoms with Crippen molar-refractivity contribution in [2.75, 3.05) is 14.2 Å². The Balaban J connectivity index is 1.49. The highest BCUT2D eigenvalue weighted by molar-refractivity contribution is 5.89. The smallest absolute Gasteiger partial charge is 0.337 e. The van der Waals surface area contributed by atoms with E-state index in [0.29, 0.717) is 30.4 Å². The average Bonchev–Trinajstić information content (AvgIpc) is 3.02. The third kappa shape index (κ3) is 8.95. The average molecular weight is 585 g/mol. The molecule has 0 bridgehead atoms. The highest BCUT2D eigenvalue weighted by Crippen LogP contribution is 2.42. The third-order valence-corrected chi connectivity index (χ3v) is 8.87. The summed E-state index contributed by atoms with van der Waals surface area (Å²) in [5.74, 6) is 1.39. The molecule has 0 radical (unpaired) electrons. The maximum atomic E-state index is 12.2. The maximum absolute atomic E-state index is 12.2. The zero-order valence-electron chi connectivity index (χ0n) is 26.6. The van der Waals surface area contributed by atoms with Gasteiger partial charge in [0.25, 0.3) is 0 Å². The van der Waals surface area contributed by atoms with Gasteiger partial charge in [0.1, 0.15) is 12.4 Å². The minimum absolute atomic E-state index is 0.0956. The van der Waals surface area contributed by atoms with Crippen LogP contribution in [0.3, 0.4) is 0 Å². The normalized spacial score (nSPS) is 15.3. The molecule has 0 saturated heterocycles. The van der Waals surface area contributed by atoms with E-state index < -0.39 is 0 Å². The zero-order valence-corrected chi connectivity index (χ0v) is 26.6. The van der Waals surface area contributed by atoms with Crippen molar-refractivity contribution >= 4 is 11.9 Å². The summed E-state index contributed by atoms with van der Waals surface area (Å²) in [7, 11) is 2.88. The zero-order chi connectivity index (χ0) is 30.8. The first-order valence-electron chi connectivity index (χ1n) is 15.8. The predicted molar refractivity (Wildman–Crippen MR) is 172 cm³/mol. The molecule has 0 saturated carbocycles. The van der Waals surface area contributed by atoms with Gasteiger partial charge in [-0.05, 0) is 108 Å². The van der Waals surface area contributed by atoms with Crippen molar-refractivity contribution in [1.82, 2.24) is 0 Å². The van der Waals surface area contributed by atoms with E-state index in [4.69, 9.17) is 14.2 Å². The molecule has 5 nitrogen and oxygen atoms in total. The molecular formula is C38H48O5. The number of rotatable bonds is 13. The van der Waals surface area contributed by atoms with Gasteiger partial charge in [-0.1, -0.05) is 75.7 Å². The van der Waals surface area contributed by atoms with Gasteiger partial charge in [-0.25, -0.2) is 4.79 Å². The second-order valence-electron chi connectivity index (χ2n) is 12.9. The number of para-hydroxylation sites is 1. The number of methoxy groups -OCH3 is 2. The third-order valence-electron chi connectivity index (χ3n) is 8.87. The molecule has 0 N–H and O–H groups in total. The first-order chi connectivity index (χ1) is 20.7. The summed E-state index contributed by atoms with van der Waals surface area (Å²) < 4.78 is 16.3. The molecule has 2 atom stereocenters. The van der Waals surface area contributed by atoms with Gasteiger partial charge in [0.2, 0.25) is 0 Å². The van der Waals surface area contributed by atoms with Gasteiger partial charge in [0, 0.05) is 6.42 Å². The van der Waals surface area contributed by atoms with Crippen molar-refractivity contribution in [2.45, 2.75) is 96.5 Å². The minimum atomic E-state index is -0.286. The van der Waals surface area contributed by atoms with E-state index in [9.17, 15) is 9.59 Å². The van der Waals surface area contributed by atoms with Gasteiger partial charge >= 0.3 is 11.9 Å². The molecule has 0 spiro atoms. The minimum Gasteiger partial charge on any atom is -0.489 e. The molecule has 3 aromatic carbocycles. The van der Waals surface area contributed by atoms with Crippen molar-refractivity contribution in [2.24, 2.45) is 5.92 Å². The number of ether oxygens (including phenoxy) is 3. The molecule has 4 rings (SSSR count). The number of benzene rings is 3. The lowest BCUT2D eigenvalue weighted by atomic mass is 9.72. The molecular weight excluding hydrogens is 536 g/mol. The van der Waals surface area contributed by atoms with E-state index in [1.165, 1.54) is 42.0 Å². The van der Waals surface area contributed by atoms with E-state index in [0.717, 1.165) is 57.1 Å². The molecule has 0 amide bonds. The molecule has 0 aromatic heterocycles. The molecule has 1 aliphatic carbocycles. The van der Waals surface area contributed by atoms with Crippen LogP contribution < -0.4 is 4.74 Å². The largest absolute Gasteiger partial charge is 0.489 e. The van der Waals surface area contributed by atoms with Gasteiger partial charge in [-0.15, -0.1) is 0 Å². The lowest BCUT2D eigenvalue weighted by Gasteiger charge is -2.33. The summed E-state index contributed by atoms with van der Waals surface area (Å²) in [6.07, 6.45) is 8.49. The quantitative estimate of drug-likeness (QED) is 0.148. The highest BCUT2D eigenvalue weighted by atomic mass is 16.5. The number of hydrogen-bond acceptors (Lipinski definition) is 5. The van der Waals surface area contributed by atoms with Gasteiger partial charge in [0.15, 0.2) is 0 Å². The van der Waals surface area contributed by atoms with Gasteiger partial charge in [-0.3, -0.25) is 4.79 Å². The van der Waals surface area contributed by atoms with Crippen molar-refractivity contribution in [3.8, 4) is 5.75 Å². The highest BCUT2D eigenvalue weighted by Gasteiger charge is 2.28. The number of carbonyl (C=O) groups excluding carboxylic acids is 2. The summed E-state index contributed by atoms with van der Waals surface area (Å²) in [4.78, 5) is 23.9. The lowest BCUT2D eigenvalue weighted by Crippen LogP contribution is -2.20. The van der Waals surface area contributed by atoms with Crippen LogP contribution in [-0.2, 0) is 39.1 Å². The Hall–Kier alpha value is -3.60. The van der Waals surface area contributed by atoms with Crippen LogP contribution in [0.25, 0.3) is 0 Å². The molecule has 5 heteroatoms. The fourth-order valence-electron chi connectivity index (χ4n) is 6.39. The summed E-state index contributed by atoms with van der Waals surface area (Å²) in [6, 6.07) is 23.2. The number of esters is 2. The first kappa shape index (κ1) is 32.3. The number of carbonyl (C=O) groups is 2. The number of aryl methyl sites for hydroxylation is 2. The van der Waals surface area contributed by atoms with Crippen LogP contribution in [-0.4, -0.2) is 26.2 Å². The van der Waals surface area contributed by atoms with Crippen molar-refractivity contribution in [3.05, 3.63) is 100 Å². The van der Waals surface area contributed by atoms with E-state index in [1.807, 2.05) is 18.2 Å². The SMILES string of the molecule is COC(=O)CCCCC(CCc1ccccc1OCc1cccc(C(C)(C)C)c1)C1CCCc2cc(C(=O)OC)ccc21. The molecule has 0 fully saturated rings.